The number of piperidine rings is 1. The van der Waals surface area contributed by atoms with Gasteiger partial charge in [0.25, 0.3) is 0 Å². The van der Waals surface area contributed by atoms with Crippen molar-refractivity contribution in [3.05, 3.63) is 12.7 Å². The summed E-state index contributed by atoms with van der Waals surface area (Å²) >= 11 is 0. The van der Waals surface area contributed by atoms with E-state index in [0.717, 1.165) is 18.4 Å². The van der Waals surface area contributed by atoms with Gasteiger partial charge in [0.05, 0.1) is 0 Å². The maximum absolute atomic E-state index is 4.12. The summed E-state index contributed by atoms with van der Waals surface area (Å²) in [6.07, 6.45) is 8.63. The van der Waals surface area contributed by atoms with Crippen LogP contribution in [0.15, 0.2) is 12.7 Å². The fourth-order valence-electron chi connectivity index (χ4n) is 3.11. The molecule has 1 aromatic rings. The summed E-state index contributed by atoms with van der Waals surface area (Å²) in [7, 11) is 0. The Labute approximate surface area is 110 Å². The molecular weight excluding hydrogens is 224 g/mol. The van der Waals surface area contributed by atoms with Gasteiger partial charge in [-0.05, 0) is 37.6 Å². The largest absolute Gasteiger partial charge is 0.303 e. The first-order chi connectivity index (χ1) is 8.74. The van der Waals surface area contributed by atoms with E-state index in [0.29, 0.717) is 0 Å². The molecule has 4 heteroatoms. The van der Waals surface area contributed by atoms with Crippen LogP contribution in [0.25, 0.3) is 0 Å². The van der Waals surface area contributed by atoms with Crippen molar-refractivity contribution in [1.82, 2.24) is 19.7 Å². The minimum absolute atomic E-state index is 0.879. The van der Waals surface area contributed by atoms with E-state index in [1.54, 1.807) is 12.7 Å². The van der Waals surface area contributed by atoms with E-state index in [1.807, 2.05) is 4.68 Å². The third-order valence-corrected chi connectivity index (χ3v) is 3.77. The van der Waals surface area contributed by atoms with Crippen LogP contribution >= 0.6 is 0 Å². The zero-order chi connectivity index (χ0) is 12.8. The molecule has 1 aromatic heterocycles. The third-order valence-electron chi connectivity index (χ3n) is 3.77. The average Bonchev–Trinajstić information content (AvgIpc) is 2.80. The van der Waals surface area contributed by atoms with Crippen LogP contribution in [0, 0.1) is 11.8 Å². The van der Waals surface area contributed by atoms with Gasteiger partial charge in [0.2, 0.25) is 0 Å². The van der Waals surface area contributed by atoms with Crippen LogP contribution in [-0.4, -0.2) is 39.3 Å². The SMILES string of the molecule is C[C@H]1C[C@H](C)CN(CCCCCn2cncn2)C1. The van der Waals surface area contributed by atoms with Crippen molar-refractivity contribution in [3.8, 4) is 0 Å². The lowest BCUT2D eigenvalue weighted by atomic mass is 9.92. The molecule has 1 aliphatic heterocycles. The Morgan fingerprint density at radius 2 is 1.78 bits per heavy atom. The predicted octanol–water partition coefficient (Wildman–Crippen LogP) is 2.43. The van der Waals surface area contributed by atoms with Gasteiger partial charge < -0.3 is 4.90 Å². The molecule has 0 saturated carbocycles. The first-order valence-corrected chi connectivity index (χ1v) is 7.29. The molecule has 0 spiro atoms. The van der Waals surface area contributed by atoms with Crippen molar-refractivity contribution in [3.63, 3.8) is 0 Å². The van der Waals surface area contributed by atoms with E-state index in [-0.39, 0.29) is 0 Å². The second-order valence-electron chi connectivity index (χ2n) is 5.92. The van der Waals surface area contributed by atoms with Crippen LogP contribution < -0.4 is 0 Å². The maximum atomic E-state index is 4.12. The molecule has 0 amide bonds. The number of nitrogens with zero attached hydrogens (tertiary/aromatic N) is 4. The average molecular weight is 250 g/mol. The Kier molecular flexibility index (Phi) is 5.17. The minimum Gasteiger partial charge on any atom is -0.303 e. The van der Waals surface area contributed by atoms with Crippen LogP contribution in [0.3, 0.4) is 0 Å². The normalized spacial score (nSPS) is 25.4. The lowest BCUT2D eigenvalue weighted by molar-refractivity contribution is 0.138. The number of aryl methyl sites for hydroxylation is 1. The van der Waals surface area contributed by atoms with Crippen LogP contribution in [0.1, 0.15) is 39.5 Å². The number of rotatable bonds is 6. The third kappa shape index (κ3) is 4.41. The highest BCUT2D eigenvalue weighted by atomic mass is 15.3. The summed E-state index contributed by atoms with van der Waals surface area (Å²) in [6.45, 7) is 9.64. The smallest absolute Gasteiger partial charge is 0.137 e. The second kappa shape index (κ2) is 6.88. The molecule has 0 radical (unpaired) electrons. The van der Waals surface area contributed by atoms with Gasteiger partial charge >= 0.3 is 0 Å². The molecule has 1 fully saturated rings. The quantitative estimate of drug-likeness (QED) is 0.727. The maximum Gasteiger partial charge on any atom is 0.137 e. The first kappa shape index (κ1) is 13.5. The highest BCUT2D eigenvalue weighted by molar-refractivity contribution is 4.74. The lowest BCUT2D eigenvalue weighted by Gasteiger charge is -2.34. The molecule has 0 bridgehead atoms. The van der Waals surface area contributed by atoms with Gasteiger partial charge in [-0.3, -0.25) is 4.68 Å². The Morgan fingerprint density at radius 3 is 2.44 bits per heavy atom. The number of hydrogen-bond acceptors (Lipinski definition) is 3. The second-order valence-corrected chi connectivity index (χ2v) is 5.92. The fraction of sp³-hybridized carbons (Fsp3) is 0.857. The van der Waals surface area contributed by atoms with Crippen molar-refractivity contribution < 1.29 is 0 Å². The molecule has 102 valence electrons. The molecule has 1 aliphatic rings. The summed E-state index contributed by atoms with van der Waals surface area (Å²) in [4.78, 5) is 6.60. The summed E-state index contributed by atoms with van der Waals surface area (Å²) in [5.41, 5.74) is 0. The highest BCUT2D eigenvalue weighted by Crippen LogP contribution is 2.21. The van der Waals surface area contributed by atoms with Crippen LogP contribution in [0.5, 0.6) is 0 Å². The van der Waals surface area contributed by atoms with E-state index in [9.17, 15) is 0 Å². The van der Waals surface area contributed by atoms with Gasteiger partial charge in [-0.1, -0.05) is 20.3 Å². The fourth-order valence-corrected chi connectivity index (χ4v) is 3.11. The van der Waals surface area contributed by atoms with E-state index in [2.05, 4.69) is 28.8 Å². The first-order valence-electron chi connectivity index (χ1n) is 7.29. The molecule has 4 nitrogen and oxygen atoms in total. The number of likely N-dealkylation sites (tertiary alicyclic amines) is 1. The van der Waals surface area contributed by atoms with Gasteiger partial charge in [-0.2, -0.15) is 5.10 Å². The monoisotopic (exact) mass is 250 g/mol. The summed E-state index contributed by atoms with van der Waals surface area (Å²) < 4.78 is 1.92. The van der Waals surface area contributed by atoms with Crippen molar-refractivity contribution in [2.24, 2.45) is 11.8 Å². The number of unbranched alkanes of at least 4 members (excludes halogenated alkanes) is 2. The van der Waals surface area contributed by atoms with Crippen molar-refractivity contribution in [2.45, 2.75) is 46.1 Å². The molecule has 0 N–H and O–H groups in total. The summed E-state index contributed by atoms with van der Waals surface area (Å²) in [5.74, 6) is 1.76. The van der Waals surface area contributed by atoms with E-state index < -0.39 is 0 Å². The molecule has 0 unspecified atom stereocenters. The molecule has 2 rings (SSSR count). The van der Waals surface area contributed by atoms with Gasteiger partial charge in [0.1, 0.15) is 12.7 Å². The molecular formula is C14H26N4. The Morgan fingerprint density at radius 1 is 1.06 bits per heavy atom. The number of aromatic nitrogens is 3. The molecule has 2 heterocycles. The van der Waals surface area contributed by atoms with E-state index in [1.165, 1.54) is 45.3 Å². The summed E-state index contributed by atoms with van der Waals surface area (Å²) in [5, 5.41) is 4.12. The van der Waals surface area contributed by atoms with Crippen molar-refractivity contribution in [1.29, 1.82) is 0 Å². The Hall–Kier alpha value is -0.900. The number of hydrogen-bond donors (Lipinski definition) is 0. The van der Waals surface area contributed by atoms with Gasteiger partial charge in [0.15, 0.2) is 0 Å². The van der Waals surface area contributed by atoms with Crippen molar-refractivity contribution in [2.75, 3.05) is 19.6 Å². The van der Waals surface area contributed by atoms with Crippen LogP contribution in [0.4, 0.5) is 0 Å². The topological polar surface area (TPSA) is 34.0 Å². The standard InChI is InChI=1S/C14H26N4/c1-13-8-14(2)10-17(9-13)6-4-3-5-7-18-12-15-11-16-18/h11-14H,3-10H2,1-2H3/t13-,14-/m0/s1. The summed E-state index contributed by atoms with van der Waals surface area (Å²) in [6, 6.07) is 0. The van der Waals surface area contributed by atoms with Crippen LogP contribution in [0.2, 0.25) is 0 Å². The van der Waals surface area contributed by atoms with Gasteiger partial charge in [-0.15, -0.1) is 0 Å². The molecule has 0 aliphatic carbocycles. The zero-order valence-electron chi connectivity index (χ0n) is 11.8. The molecule has 0 aromatic carbocycles. The predicted molar refractivity (Wildman–Crippen MR) is 73.3 cm³/mol. The Bertz CT molecular complexity index is 313. The minimum atomic E-state index is 0.879. The molecule has 18 heavy (non-hydrogen) atoms. The zero-order valence-corrected chi connectivity index (χ0v) is 11.8. The highest BCUT2D eigenvalue weighted by Gasteiger charge is 2.20. The van der Waals surface area contributed by atoms with Gasteiger partial charge in [0, 0.05) is 19.6 Å². The Balaban J connectivity index is 1.55. The van der Waals surface area contributed by atoms with E-state index in [4.69, 9.17) is 0 Å². The van der Waals surface area contributed by atoms with E-state index >= 15 is 0 Å². The van der Waals surface area contributed by atoms with Crippen molar-refractivity contribution >= 4 is 0 Å². The van der Waals surface area contributed by atoms with Crippen LogP contribution in [-0.2, 0) is 6.54 Å². The van der Waals surface area contributed by atoms with Gasteiger partial charge in [-0.25, -0.2) is 4.98 Å². The lowest BCUT2D eigenvalue weighted by Crippen LogP contribution is -2.39. The molecule has 1 saturated heterocycles. The molecule has 2 atom stereocenters.